The lowest BCUT2D eigenvalue weighted by molar-refractivity contribution is -0.120. The predicted octanol–water partition coefficient (Wildman–Crippen LogP) is 4.06. The minimum atomic E-state index is -0.415. The second-order valence-corrected chi connectivity index (χ2v) is 8.25. The Kier molecular flexibility index (Phi) is 4.72. The highest BCUT2D eigenvalue weighted by Crippen LogP contribution is 2.37. The third-order valence-corrected chi connectivity index (χ3v) is 6.04. The first-order valence-electron chi connectivity index (χ1n) is 7.51. The Morgan fingerprint density at radius 3 is 2.77 bits per heavy atom. The number of carbonyl (C=O) groups is 2. The number of nitrogens with zero attached hydrogens (tertiary/aromatic N) is 1. The first-order valence-corrected chi connectivity index (χ1v) is 9.81. The molecule has 2 aromatic carbocycles. The number of benzene rings is 2. The number of hydrogen-bond donors (Lipinski definition) is 0. The van der Waals surface area contributed by atoms with Crippen molar-refractivity contribution in [2.45, 2.75) is 0 Å². The van der Waals surface area contributed by atoms with Gasteiger partial charge >= 0.3 is 0 Å². The van der Waals surface area contributed by atoms with Gasteiger partial charge in [0.2, 0.25) is 6.79 Å². The summed E-state index contributed by atoms with van der Waals surface area (Å²) in [5.41, 5.74) is 1.23. The van der Waals surface area contributed by atoms with Crippen LogP contribution in [0.3, 0.4) is 0 Å². The lowest BCUT2D eigenvalue weighted by Gasteiger charge is -2.13. The van der Waals surface area contributed by atoms with Crippen LogP contribution in [-0.2, 0) is 4.79 Å². The van der Waals surface area contributed by atoms with E-state index >= 15 is 0 Å². The van der Waals surface area contributed by atoms with Gasteiger partial charge in [-0.05, 0) is 58.5 Å². The third kappa shape index (κ3) is 3.12. The van der Waals surface area contributed by atoms with E-state index in [9.17, 15) is 9.59 Å². The summed E-state index contributed by atoms with van der Waals surface area (Å²) in [5.74, 6) is 0.474. The summed E-state index contributed by atoms with van der Waals surface area (Å²) in [6, 6.07) is 12.5. The Bertz CT molecular complexity index is 989. The van der Waals surface area contributed by atoms with Crippen molar-refractivity contribution in [1.82, 2.24) is 4.90 Å². The van der Waals surface area contributed by atoms with E-state index in [-0.39, 0.29) is 11.1 Å². The minimum absolute atomic E-state index is 0.186. The molecular weight excluding hydrogens is 485 g/mol. The second-order valence-electron chi connectivity index (χ2n) is 5.41. The summed E-state index contributed by atoms with van der Waals surface area (Å²) in [7, 11) is 0. The molecule has 1 fully saturated rings. The van der Waals surface area contributed by atoms with E-state index in [1.165, 1.54) is 0 Å². The van der Waals surface area contributed by atoms with E-state index in [4.69, 9.17) is 21.7 Å². The van der Waals surface area contributed by atoms with Crippen LogP contribution >= 0.6 is 46.6 Å². The van der Waals surface area contributed by atoms with Crippen LogP contribution in [0.25, 0.3) is 6.08 Å². The van der Waals surface area contributed by atoms with Gasteiger partial charge in [-0.3, -0.25) is 9.59 Å². The van der Waals surface area contributed by atoms with E-state index in [0.717, 1.165) is 25.8 Å². The molecule has 0 bridgehead atoms. The standard InChI is InChI=1S/C18H10INO4S2/c19-12-4-2-1-3-11(12)16(21)20-17(22)15(26-18(20)25)8-10-5-6-13-14(7-10)24-9-23-13/h1-8H,9H2/b15-8+. The minimum Gasteiger partial charge on any atom is -0.454 e. The maximum atomic E-state index is 12.8. The SMILES string of the molecule is O=C1/C(=C\c2ccc3c(c2)OCO3)SC(=S)N1C(=O)c1ccccc1I. The normalized spacial score (nSPS) is 17.3. The van der Waals surface area contributed by atoms with Gasteiger partial charge in [0.1, 0.15) is 0 Å². The largest absolute Gasteiger partial charge is 0.454 e. The average Bonchev–Trinajstić information content (AvgIpc) is 3.19. The van der Waals surface area contributed by atoms with E-state index in [2.05, 4.69) is 22.6 Å². The predicted molar refractivity (Wildman–Crippen MR) is 111 cm³/mol. The van der Waals surface area contributed by atoms with Crippen molar-refractivity contribution in [3.05, 3.63) is 62.1 Å². The number of ether oxygens (including phenoxy) is 2. The number of amides is 2. The molecule has 0 unspecified atom stereocenters. The first kappa shape index (κ1) is 17.5. The molecule has 0 aliphatic carbocycles. The molecule has 0 N–H and O–H groups in total. The summed E-state index contributed by atoms with van der Waals surface area (Å²) < 4.78 is 11.6. The third-order valence-electron chi connectivity index (χ3n) is 3.80. The van der Waals surface area contributed by atoms with Crippen LogP contribution in [-0.4, -0.2) is 27.8 Å². The number of rotatable bonds is 2. The maximum absolute atomic E-state index is 12.8. The Morgan fingerprint density at radius 1 is 1.19 bits per heavy atom. The maximum Gasteiger partial charge on any atom is 0.273 e. The van der Waals surface area contributed by atoms with Crippen LogP contribution in [0.1, 0.15) is 15.9 Å². The lowest BCUT2D eigenvalue weighted by atomic mass is 10.1. The second kappa shape index (κ2) is 7.01. The fraction of sp³-hybridized carbons (Fsp3) is 0.0556. The van der Waals surface area contributed by atoms with Crippen molar-refractivity contribution in [2.75, 3.05) is 6.79 Å². The van der Waals surface area contributed by atoms with Gasteiger partial charge in [0, 0.05) is 3.57 Å². The number of thiocarbonyl (C=S) groups is 1. The van der Waals surface area contributed by atoms with Gasteiger partial charge < -0.3 is 9.47 Å². The number of carbonyl (C=O) groups excluding carboxylic acids is 2. The molecule has 8 heteroatoms. The van der Waals surface area contributed by atoms with Crippen molar-refractivity contribution in [2.24, 2.45) is 0 Å². The highest BCUT2D eigenvalue weighted by atomic mass is 127. The molecule has 0 atom stereocenters. The van der Waals surface area contributed by atoms with Gasteiger partial charge in [0.05, 0.1) is 10.5 Å². The fourth-order valence-electron chi connectivity index (χ4n) is 2.55. The summed E-state index contributed by atoms with van der Waals surface area (Å²) in [6.45, 7) is 0.186. The monoisotopic (exact) mass is 495 g/mol. The first-order chi connectivity index (χ1) is 12.5. The average molecular weight is 495 g/mol. The molecule has 2 aliphatic heterocycles. The highest BCUT2D eigenvalue weighted by Gasteiger charge is 2.37. The van der Waals surface area contributed by atoms with Crippen LogP contribution in [0.5, 0.6) is 11.5 Å². The molecule has 2 aliphatic rings. The van der Waals surface area contributed by atoms with Crippen molar-refractivity contribution < 1.29 is 19.1 Å². The van der Waals surface area contributed by atoms with Crippen LogP contribution in [0, 0.1) is 3.57 Å². The Hall–Kier alpha value is -1.91. The molecule has 26 heavy (non-hydrogen) atoms. The van der Waals surface area contributed by atoms with Gasteiger partial charge in [0.15, 0.2) is 15.8 Å². The van der Waals surface area contributed by atoms with Crippen molar-refractivity contribution in [3.8, 4) is 11.5 Å². The number of hydrogen-bond acceptors (Lipinski definition) is 6. The molecule has 2 aromatic rings. The van der Waals surface area contributed by atoms with Crippen LogP contribution in [0.15, 0.2) is 47.4 Å². The molecule has 5 nitrogen and oxygen atoms in total. The van der Waals surface area contributed by atoms with Crippen LogP contribution < -0.4 is 9.47 Å². The lowest BCUT2D eigenvalue weighted by Crippen LogP contribution is -2.35. The highest BCUT2D eigenvalue weighted by molar-refractivity contribution is 14.1. The molecule has 4 rings (SSSR count). The van der Waals surface area contributed by atoms with E-state index in [0.29, 0.717) is 22.0 Å². The van der Waals surface area contributed by atoms with E-state index in [1.807, 2.05) is 18.2 Å². The van der Waals surface area contributed by atoms with Crippen LogP contribution in [0.4, 0.5) is 0 Å². The van der Waals surface area contributed by atoms with Gasteiger partial charge in [0.25, 0.3) is 11.8 Å². The van der Waals surface area contributed by atoms with Crippen LogP contribution in [0.2, 0.25) is 0 Å². The smallest absolute Gasteiger partial charge is 0.273 e. The summed E-state index contributed by atoms with van der Waals surface area (Å²) in [5, 5.41) is 0. The van der Waals surface area contributed by atoms with Gasteiger partial charge in [-0.15, -0.1) is 0 Å². The number of imide groups is 1. The van der Waals surface area contributed by atoms with E-state index in [1.54, 1.807) is 30.3 Å². The van der Waals surface area contributed by atoms with Gasteiger partial charge in [-0.1, -0.05) is 42.2 Å². The molecule has 2 amide bonds. The summed E-state index contributed by atoms with van der Waals surface area (Å²) in [6.07, 6.45) is 1.70. The quantitative estimate of drug-likeness (QED) is 0.271. The van der Waals surface area contributed by atoms with Gasteiger partial charge in [-0.25, -0.2) is 4.90 Å². The van der Waals surface area contributed by atoms with Crippen molar-refractivity contribution in [3.63, 3.8) is 0 Å². The fourth-order valence-corrected chi connectivity index (χ4v) is 4.42. The zero-order valence-electron chi connectivity index (χ0n) is 13.1. The molecule has 1 saturated heterocycles. The topological polar surface area (TPSA) is 55.8 Å². The molecule has 0 radical (unpaired) electrons. The Labute approximate surface area is 172 Å². The zero-order chi connectivity index (χ0) is 18.3. The molecular formula is C18H10INO4S2. The Balaban J connectivity index is 1.63. The number of halogens is 1. The van der Waals surface area contributed by atoms with Gasteiger partial charge in [-0.2, -0.15) is 0 Å². The zero-order valence-corrected chi connectivity index (χ0v) is 16.9. The molecule has 2 heterocycles. The van der Waals surface area contributed by atoms with Crippen molar-refractivity contribution >= 4 is 68.8 Å². The van der Waals surface area contributed by atoms with Crippen molar-refractivity contribution in [1.29, 1.82) is 0 Å². The Morgan fingerprint density at radius 2 is 1.96 bits per heavy atom. The molecule has 0 spiro atoms. The molecule has 0 saturated carbocycles. The van der Waals surface area contributed by atoms with E-state index < -0.39 is 11.8 Å². The molecule has 0 aromatic heterocycles. The number of fused-ring (bicyclic) bond motifs is 1. The summed E-state index contributed by atoms with van der Waals surface area (Å²) >= 11 is 8.45. The summed E-state index contributed by atoms with van der Waals surface area (Å²) in [4.78, 5) is 27.0. The number of thioether (sulfide) groups is 1. The molecule has 130 valence electrons.